The fourth-order valence-corrected chi connectivity index (χ4v) is 3.73. The molecule has 0 fully saturated rings. The number of carboxylic acids is 1. The SMILES string of the molecule is NCCc1ccc(O)c(NC(=O)c2cc3scc(Br)c3[nH]2)c1.O=C(O)C(F)(F)F. The molecule has 29 heavy (non-hydrogen) atoms. The summed E-state index contributed by atoms with van der Waals surface area (Å²) in [5, 5.41) is 21.7. The number of aromatic hydroxyl groups is 1. The van der Waals surface area contributed by atoms with Crippen molar-refractivity contribution < 1.29 is 33.0 Å². The average Bonchev–Trinajstić information content (AvgIpc) is 3.20. The monoisotopic (exact) mass is 493 g/mol. The molecule has 156 valence electrons. The minimum atomic E-state index is -5.08. The first-order chi connectivity index (χ1) is 13.5. The summed E-state index contributed by atoms with van der Waals surface area (Å²) in [6, 6.07) is 6.88. The minimum Gasteiger partial charge on any atom is -0.506 e. The quantitative estimate of drug-likeness (QED) is 0.349. The second kappa shape index (κ2) is 9.29. The summed E-state index contributed by atoms with van der Waals surface area (Å²) in [5.74, 6) is -3.02. The lowest BCUT2D eigenvalue weighted by molar-refractivity contribution is -0.192. The highest BCUT2D eigenvalue weighted by molar-refractivity contribution is 9.10. The second-order valence-corrected chi connectivity index (χ2v) is 7.42. The summed E-state index contributed by atoms with van der Waals surface area (Å²) in [6.45, 7) is 0.513. The number of phenols is 1. The van der Waals surface area contributed by atoms with Crippen LogP contribution in [0.1, 0.15) is 16.1 Å². The van der Waals surface area contributed by atoms with Crippen LogP contribution in [0.5, 0.6) is 5.75 Å². The molecule has 0 aliphatic rings. The molecule has 0 aliphatic carbocycles. The first-order valence-electron chi connectivity index (χ1n) is 7.92. The highest BCUT2D eigenvalue weighted by Gasteiger charge is 2.38. The first kappa shape index (κ1) is 22.7. The van der Waals surface area contributed by atoms with Crippen LogP contribution in [0.25, 0.3) is 10.2 Å². The summed E-state index contributed by atoms with van der Waals surface area (Å²) in [6.07, 6.45) is -4.39. The number of phenolic OH excluding ortho intramolecular Hbond substituents is 1. The largest absolute Gasteiger partial charge is 0.506 e. The van der Waals surface area contributed by atoms with E-state index in [1.54, 1.807) is 35.6 Å². The van der Waals surface area contributed by atoms with Crippen molar-refractivity contribution in [3.63, 3.8) is 0 Å². The number of halogens is 4. The topological polar surface area (TPSA) is 128 Å². The van der Waals surface area contributed by atoms with Crippen molar-refractivity contribution in [3.05, 3.63) is 45.4 Å². The summed E-state index contributed by atoms with van der Waals surface area (Å²) in [5.41, 5.74) is 8.22. The predicted molar refractivity (Wildman–Crippen MR) is 106 cm³/mol. The first-order valence-corrected chi connectivity index (χ1v) is 9.59. The van der Waals surface area contributed by atoms with Gasteiger partial charge < -0.3 is 26.2 Å². The molecule has 1 aromatic carbocycles. The predicted octanol–water partition coefficient (Wildman–Crippen LogP) is 4.08. The maximum atomic E-state index is 12.3. The fraction of sp³-hybridized carbons (Fsp3) is 0.176. The Kier molecular flexibility index (Phi) is 7.27. The number of aliphatic carboxylic acids is 1. The van der Waals surface area contributed by atoms with Gasteiger partial charge in [-0.15, -0.1) is 11.3 Å². The molecule has 0 spiro atoms. The molecular weight excluding hydrogens is 479 g/mol. The number of rotatable bonds is 4. The van der Waals surface area contributed by atoms with Crippen LogP contribution in [0.3, 0.4) is 0 Å². The molecule has 1 amide bonds. The molecule has 7 nitrogen and oxygen atoms in total. The normalized spacial score (nSPS) is 11.1. The Morgan fingerprint density at radius 2 is 1.93 bits per heavy atom. The Labute approximate surface area is 174 Å². The van der Waals surface area contributed by atoms with E-state index >= 15 is 0 Å². The minimum absolute atomic E-state index is 0.0312. The number of hydrogen-bond donors (Lipinski definition) is 5. The lowest BCUT2D eigenvalue weighted by Gasteiger charge is -2.08. The van der Waals surface area contributed by atoms with Crippen molar-refractivity contribution in [3.8, 4) is 5.75 Å². The van der Waals surface area contributed by atoms with Crippen LogP contribution >= 0.6 is 27.3 Å². The lowest BCUT2D eigenvalue weighted by atomic mass is 10.1. The molecule has 0 saturated carbocycles. The van der Waals surface area contributed by atoms with Gasteiger partial charge in [-0.2, -0.15) is 13.2 Å². The number of aromatic nitrogens is 1. The van der Waals surface area contributed by atoms with Crippen molar-refractivity contribution >= 4 is 55.0 Å². The van der Waals surface area contributed by atoms with Crippen molar-refractivity contribution in [1.82, 2.24) is 4.98 Å². The number of fused-ring (bicyclic) bond motifs is 1. The van der Waals surface area contributed by atoms with Gasteiger partial charge in [-0.3, -0.25) is 4.79 Å². The number of nitrogens with one attached hydrogen (secondary N) is 2. The van der Waals surface area contributed by atoms with Crippen molar-refractivity contribution in [1.29, 1.82) is 0 Å². The van der Waals surface area contributed by atoms with E-state index in [2.05, 4.69) is 26.2 Å². The van der Waals surface area contributed by atoms with Crippen LogP contribution in [0.2, 0.25) is 0 Å². The maximum absolute atomic E-state index is 12.3. The van der Waals surface area contributed by atoms with Gasteiger partial charge in [-0.1, -0.05) is 6.07 Å². The molecular formula is C17H15BrF3N3O4S. The van der Waals surface area contributed by atoms with Gasteiger partial charge in [0.1, 0.15) is 11.4 Å². The number of hydrogen-bond acceptors (Lipinski definition) is 5. The highest BCUT2D eigenvalue weighted by Crippen LogP contribution is 2.31. The molecule has 0 unspecified atom stereocenters. The van der Waals surface area contributed by atoms with E-state index in [9.17, 15) is 23.1 Å². The number of alkyl halides is 3. The Morgan fingerprint density at radius 3 is 2.48 bits per heavy atom. The molecule has 0 saturated heterocycles. The number of carboxylic acid groups (broad SMARTS) is 1. The molecule has 2 aromatic heterocycles. The van der Waals surface area contributed by atoms with Gasteiger partial charge >= 0.3 is 12.1 Å². The van der Waals surface area contributed by atoms with Gasteiger partial charge in [-0.05, 0) is 52.7 Å². The zero-order valence-electron chi connectivity index (χ0n) is 14.5. The number of H-pyrrole nitrogens is 1. The smallest absolute Gasteiger partial charge is 0.490 e. The number of thiophene rings is 1. The molecule has 0 aliphatic heterocycles. The van der Waals surface area contributed by atoms with Crippen molar-refractivity contribution in [2.45, 2.75) is 12.6 Å². The molecule has 3 aromatic rings. The molecule has 0 bridgehead atoms. The van der Waals surface area contributed by atoms with E-state index in [0.717, 1.165) is 20.3 Å². The van der Waals surface area contributed by atoms with E-state index in [1.165, 1.54) is 0 Å². The van der Waals surface area contributed by atoms with E-state index in [1.807, 2.05) is 5.38 Å². The van der Waals surface area contributed by atoms with Gasteiger partial charge in [0.2, 0.25) is 0 Å². The maximum Gasteiger partial charge on any atom is 0.490 e. The van der Waals surface area contributed by atoms with Crippen LogP contribution in [-0.2, 0) is 11.2 Å². The zero-order chi connectivity index (χ0) is 21.8. The van der Waals surface area contributed by atoms with Gasteiger partial charge in [0, 0.05) is 5.38 Å². The number of benzene rings is 1. The fourth-order valence-electron chi connectivity index (χ4n) is 2.20. The second-order valence-electron chi connectivity index (χ2n) is 5.65. The van der Waals surface area contributed by atoms with E-state index in [0.29, 0.717) is 24.3 Å². The van der Waals surface area contributed by atoms with Gasteiger partial charge in [0.05, 0.1) is 20.4 Å². The summed E-state index contributed by atoms with van der Waals surface area (Å²) < 4.78 is 33.7. The van der Waals surface area contributed by atoms with Crippen LogP contribution in [-0.4, -0.2) is 39.8 Å². The number of aromatic amines is 1. The number of nitrogens with two attached hydrogens (primary N) is 1. The van der Waals surface area contributed by atoms with Crippen LogP contribution in [0.15, 0.2) is 34.1 Å². The van der Waals surface area contributed by atoms with Crippen LogP contribution in [0, 0.1) is 0 Å². The standard InChI is InChI=1S/C15H14BrN3O2S.C2HF3O2/c16-9-7-22-13-6-11(18-14(9)13)15(21)19-10-5-8(3-4-17)1-2-12(10)20;3-2(4,5)1(6)7/h1-2,5-7,18,20H,3-4,17H2,(H,19,21);(H,6,7). The third-order valence-corrected chi connectivity index (χ3v) is 5.40. The number of anilines is 1. The Bertz CT molecular complexity index is 1030. The van der Waals surface area contributed by atoms with Crippen molar-refractivity contribution in [2.75, 3.05) is 11.9 Å². The molecule has 0 radical (unpaired) electrons. The molecule has 6 N–H and O–H groups in total. The Hall–Kier alpha value is -2.57. The van der Waals surface area contributed by atoms with E-state index < -0.39 is 12.1 Å². The van der Waals surface area contributed by atoms with Crippen LogP contribution < -0.4 is 11.1 Å². The van der Waals surface area contributed by atoms with Gasteiger partial charge in [-0.25, -0.2) is 4.79 Å². The molecule has 12 heteroatoms. The van der Waals surface area contributed by atoms with Crippen molar-refractivity contribution in [2.24, 2.45) is 5.73 Å². The number of carbonyl (C=O) groups excluding carboxylic acids is 1. The lowest BCUT2D eigenvalue weighted by Crippen LogP contribution is -2.21. The third kappa shape index (κ3) is 5.95. The summed E-state index contributed by atoms with van der Waals surface area (Å²) in [4.78, 5) is 24.3. The third-order valence-electron chi connectivity index (χ3n) is 3.54. The summed E-state index contributed by atoms with van der Waals surface area (Å²) in [7, 11) is 0. The molecule has 3 rings (SSSR count). The Balaban J connectivity index is 0.000000370. The van der Waals surface area contributed by atoms with Gasteiger partial charge in [0.15, 0.2) is 0 Å². The van der Waals surface area contributed by atoms with Gasteiger partial charge in [0.25, 0.3) is 5.91 Å². The number of carbonyl (C=O) groups is 2. The van der Waals surface area contributed by atoms with E-state index in [-0.39, 0.29) is 11.7 Å². The molecule has 0 atom stereocenters. The number of amides is 1. The molecule has 2 heterocycles. The van der Waals surface area contributed by atoms with Crippen LogP contribution in [0.4, 0.5) is 18.9 Å². The Morgan fingerprint density at radius 1 is 1.28 bits per heavy atom. The average molecular weight is 494 g/mol. The zero-order valence-corrected chi connectivity index (χ0v) is 16.9. The van der Waals surface area contributed by atoms with E-state index in [4.69, 9.17) is 15.6 Å². The highest BCUT2D eigenvalue weighted by atomic mass is 79.9. The summed E-state index contributed by atoms with van der Waals surface area (Å²) >= 11 is 4.98.